The lowest BCUT2D eigenvalue weighted by Gasteiger charge is -2.28. The first-order valence-electron chi connectivity index (χ1n) is 16.1. The number of imidazole rings is 1. The minimum atomic E-state index is -1.04. The Bertz CT molecular complexity index is 1740. The fraction of sp³-hybridized carbons (Fsp3) is 0.237. The number of carbonyl (C=O) groups excluding carboxylic acids is 3. The van der Waals surface area contributed by atoms with Gasteiger partial charge in [0.25, 0.3) is 0 Å². The summed E-state index contributed by atoms with van der Waals surface area (Å²) in [5, 5.41) is 5.69. The molecule has 0 bridgehead atoms. The van der Waals surface area contributed by atoms with E-state index in [2.05, 4.69) is 25.6 Å². The first kappa shape index (κ1) is 34.4. The third kappa shape index (κ3) is 11.1. The van der Waals surface area contributed by atoms with E-state index < -0.39 is 18.0 Å². The Kier molecular flexibility index (Phi) is 12.5. The number of H-pyrrole nitrogens is 1. The number of ether oxygens (including phenoxy) is 2. The van der Waals surface area contributed by atoms with Crippen LogP contribution in [0.15, 0.2) is 122 Å². The van der Waals surface area contributed by atoms with Crippen molar-refractivity contribution in [3.63, 3.8) is 0 Å². The van der Waals surface area contributed by atoms with Crippen molar-refractivity contribution >= 4 is 17.9 Å². The zero-order chi connectivity index (χ0) is 34.3. The minimum absolute atomic E-state index is 0.0402. The summed E-state index contributed by atoms with van der Waals surface area (Å²) in [4.78, 5) is 53.1. The van der Waals surface area contributed by atoms with E-state index in [1.54, 1.807) is 18.6 Å². The maximum Gasteiger partial charge on any atom is 0.408 e. The predicted molar refractivity (Wildman–Crippen MR) is 184 cm³/mol. The van der Waals surface area contributed by atoms with E-state index in [-0.39, 0.29) is 37.9 Å². The summed E-state index contributed by atoms with van der Waals surface area (Å²) >= 11 is 0. The van der Waals surface area contributed by atoms with E-state index in [0.29, 0.717) is 24.6 Å². The summed E-state index contributed by atoms with van der Waals surface area (Å²) in [5.74, 6) is -0.0466. The molecule has 49 heavy (non-hydrogen) atoms. The molecule has 0 fully saturated rings. The van der Waals surface area contributed by atoms with Gasteiger partial charge in [0.1, 0.15) is 25.0 Å². The van der Waals surface area contributed by atoms with Crippen LogP contribution in [0.5, 0.6) is 5.75 Å². The summed E-state index contributed by atoms with van der Waals surface area (Å²) in [6.45, 7) is 2.72. The molecule has 3 N–H and O–H groups in total. The van der Waals surface area contributed by atoms with Gasteiger partial charge in [-0.3, -0.25) is 14.6 Å². The molecular weight excluding hydrogens is 620 g/mol. The summed E-state index contributed by atoms with van der Waals surface area (Å²) in [7, 11) is 0. The fourth-order valence-electron chi connectivity index (χ4n) is 5.11. The molecule has 5 rings (SSSR count). The Morgan fingerprint density at radius 2 is 1.55 bits per heavy atom. The fourth-order valence-corrected chi connectivity index (χ4v) is 5.11. The molecule has 0 radical (unpaired) electrons. The van der Waals surface area contributed by atoms with Crippen molar-refractivity contribution in [2.75, 3.05) is 13.1 Å². The summed E-state index contributed by atoms with van der Waals surface area (Å²) in [6, 6.07) is 29.2. The van der Waals surface area contributed by atoms with Gasteiger partial charge in [-0.25, -0.2) is 9.78 Å². The second-order valence-corrected chi connectivity index (χ2v) is 11.6. The van der Waals surface area contributed by atoms with Crippen molar-refractivity contribution < 1.29 is 23.9 Å². The molecule has 252 valence electrons. The monoisotopic (exact) mass is 660 g/mol. The largest absolute Gasteiger partial charge is 0.489 e. The number of hydrogen-bond acceptors (Lipinski definition) is 7. The van der Waals surface area contributed by atoms with Crippen molar-refractivity contribution in [3.05, 3.63) is 150 Å². The van der Waals surface area contributed by atoms with Gasteiger partial charge in [-0.15, -0.1) is 0 Å². The number of hydrogen-bond donors (Lipinski definition) is 3. The minimum Gasteiger partial charge on any atom is -0.489 e. The van der Waals surface area contributed by atoms with E-state index in [1.165, 1.54) is 11.2 Å². The highest BCUT2D eigenvalue weighted by atomic mass is 16.5. The lowest BCUT2D eigenvalue weighted by atomic mass is 10.0. The van der Waals surface area contributed by atoms with Gasteiger partial charge in [-0.05, 0) is 40.8 Å². The number of rotatable bonds is 16. The van der Waals surface area contributed by atoms with E-state index >= 15 is 0 Å². The molecule has 2 atom stereocenters. The van der Waals surface area contributed by atoms with Crippen LogP contribution in [0.25, 0.3) is 0 Å². The number of amides is 3. The number of benzene rings is 3. The summed E-state index contributed by atoms with van der Waals surface area (Å²) in [5.41, 5.74) is 4.26. The number of alkyl carbamates (subject to hydrolysis) is 1. The third-order valence-corrected chi connectivity index (χ3v) is 7.83. The molecule has 11 heteroatoms. The first-order valence-corrected chi connectivity index (χ1v) is 16.1. The molecule has 3 aromatic carbocycles. The molecule has 2 heterocycles. The van der Waals surface area contributed by atoms with Crippen molar-refractivity contribution in [2.24, 2.45) is 0 Å². The van der Waals surface area contributed by atoms with Gasteiger partial charge in [-0.2, -0.15) is 0 Å². The van der Waals surface area contributed by atoms with Gasteiger partial charge in [0.2, 0.25) is 11.8 Å². The first-order chi connectivity index (χ1) is 23.9. The van der Waals surface area contributed by atoms with Gasteiger partial charge in [-0.1, -0.05) is 85.8 Å². The van der Waals surface area contributed by atoms with Crippen LogP contribution in [0.2, 0.25) is 0 Å². The number of pyridine rings is 1. The quantitative estimate of drug-likeness (QED) is 0.133. The highest BCUT2D eigenvalue weighted by Crippen LogP contribution is 2.17. The molecule has 0 aliphatic rings. The maximum absolute atomic E-state index is 14.2. The van der Waals surface area contributed by atoms with Crippen LogP contribution in [-0.2, 0) is 40.5 Å². The molecule has 2 unspecified atom stereocenters. The number of aromatic nitrogens is 3. The molecule has 0 aliphatic heterocycles. The highest BCUT2D eigenvalue weighted by Gasteiger charge is 2.29. The van der Waals surface area contributed by atoms with Crippen LogP contribution in [0.3, 0.4) is 0 Å². The zero-order valence-electron chi connectivity index (χ0n) is 27.3. The number of aromatic amines is 1. The van der Waals surface area contributed by atoms with Crippen LogP contribution >= 0.6 is 0 Å². The summed E-state index contributed by atoms with van der Waals surface area (Å²) < 4.78 is 11.3. The van der Waals surface area contributed by atoms with Crippen molar-refractivity contribution in [3.8, 4) is 5.75 Å². The van der Waals surface area contributed by atoms with Gasteiger partial charge >= 0.3 is 6.09 Å². The average Bonchev–Trinajstić information content (AvgIpc) is 3.66. The normalized spacial score (nSPS) is 11.9. The maximum atomic E-state index is 14.2. The van der Waals surface area contributed by atoms with E-state index in [0.717, 1.165) is 22.3 Å². The van der Waals surface area contributed by atoms with E-state index in [1.807, 2.05) is 104 Å². The Morgan fingerprint density at radius 1 is 0.816 bits per heavy atom. The van der Waals surface area contributed by atoms with Gasteiger partial charge in [0.15, 0.2) is 0 Å². The van der Waals surface area contributed by atoms with Crippen molar-refractivity contribution in [1.82, 2.24) is 30.5 Å². The van der Waals surface area contributed by atoms with Crippen LogP contribution in [0, 0.1) is 0 Å². The summed E-state index contributed by atoms with van der Waals surface area (Å²) in [6.07, 6.45) is 5.90. The van der Waals surface area contributed by atoms with Crippen LogP contribution < -0.4 is 15.4 Å². The molecule has 0 saturated heterocycles. The standard InChI is InChI=1S/C38H40N6O5/c1-28(32-12-6-3-7-13-32)20-41-36(45)24-44(23-29-14-16-34(17-15-29)48-26-31-11-8-18-39-21-31)37(46)35(19-33-22-40-27-42-33)43-38(47)49-25-30-9-4-2-5-10-30/h2-18,21-22,27-28,35H,19-20,23-26H2,1H3,(H,40,42)(H,41,45)(H,43,47). The Balaban J connectivity index is 1.29. The Hall–Kier alpha value is -5.97. The Labute approximate surface area is 285 Å². The number of nitrogens with one attached hydrogen (secondary N) is 3. The molecule has 11 nitrogen and oxygen atoms in total. The van der Waals surface area contributed by atoms with Crippen LogP contribution in [0.4, 0.5) is 4.79 Å². The molecule has 3 amide bonds. The second-order valence-electron chi connectivity index (χ2n) is 11.6. The average molecular weight is 661 g/mol. The van der Waals surface area contributed by atoms with Crippen LogP contribution in [0.1, 0.15) is 40.8 Å². The molecule has 0 saturated carbocycles. The number of carbonyl (C=O) groups is 3. The topological polar surface area (TPSA) is 139 Å². The van der Waals surface area contributed by atoms with E-state index in [4.69, 9.17) is 9.47 Å². The van der Waals surface area contributed by atoms with Crippen molar-refractivity contribution in [2.45, 2.75) is 45.1 Å². The molecule has 0 spiro atoms. The molecule has 2 aromatic heterocycles. The van der Waals surface area contributed by atoms with Crippen molar-refractivity contribution in [1.29, 1.82) is 0 Å². The van der Waals surface area contributed by atoms with Gasteiger partial charge in [0.05, 0.1) is 12.9 Å². The van der Waals surface area contributed by atoms with E-state index in [9.17, 15) is 14.4 Å². The third-order valence-electron chi connectivity index (χ3n) is 7.83. The second kappa shape index (κ2) is 17.8. The molecule has 0 aliphatic carbocycles. The zero-order valence-corrected chi connectivity index (χ0v) is 27.3. The SMILES string of the molecule is CC(CNC(=O)CN(Cc1ccc(OCc2cccnc2)cc1)C(=O)C(Cc1cnc[nH]1)NC(=O)OCc1ccccc1)c1ccccc1. The number of nitrogens with zero attached hydrogens (tertiary/aromatic N) is 3. The lowest BCUT2D eigenvalue weighted by molar-refractivity contribution is -0.138. The molecular formula is C38H40N6O5. The van der Waals surface area contributed by atoms with Gasteiger partial charge < -0.3 is 30.0 Å². The predicted octanol–water partition coefficient (Wildman–Crippen LogP) is 5.17. The molecule has 5 aromatic rings. The Morgan fingerprint density at radius 3 is 2.24 bits per heavy atom. The smallest absolute Gasteiger partial charge is 0.408 e. The van der Waals surface area contributed by atoms with Gasteiger partial charge in [0, 0.05) is 49.4 Å². The lowest BCUT2D eigenvalue weighted by Crippen LogP contribution is -2.52. The highest BCUT2D eigenvalue weighted by molar-refractivity contribution is 5.89. The van der Waals surface area contributed by atoms with Crippen LogP contribution in [-0.4, -0.2) is 56.9 Å².